The standard InChI is InChI=1S/C17H16F3NO4/c18-17(19,20)25-13-3-1-2-12(8-13)10-21-16(24)7-5-11-4-6-14(22)15(23)9-11/h1-4,6,8-9,22-23H,5,7,10H2,(H,21,24). The van der Waals surface area contributed by atoms with Gasteiger partial charge in [0.05, 0.1) is 0 Å². The first-order valence-corrected chi connectivity index (χ1v) is 7.35. The van der Waals surface area contributed by atoms with Gasteiger partial charge in [0, 0.05) is 13.0 Å². The monoisotopic (exact) mass is 355 g/mol. The van der Waals surface area contributed by atoms with Crippen LogP contribution in [0.4, 0.5) is 13.2 Å². The predicted octanol–water partition coefficient (Wildman–Crippen LogP) is 3.25. The summed E-state index contributed by atoms with van der Waals surface area (Å²) in [6.07, 6.45) is -4.29. The number of halogens is 3. The third-order valence-electron chi connectivity index (χ3n) is 3.30. The minimum atomic E-state index is -4.77. The number of ether oxygens (including phenoxy) is 1. The first kappa shape index (κ1) is 18.4. The van der Waals surface area contributed by atoms with Crippen LogP contribution < -0.4 is 10.1 Å². The van der Waals surface area contributed by atoms with Gasteiger partial charge in [0.25, 0.3) is 0 Å². The fourth-order valence-corrected chi connectivity index (χ4v) is 2.12. The number of nitrogens with one attached hydrogen (secondary N) is 1. The van der Waals surface area contributed by atoms with E-state index in [1.54, 1.807) is 12.1 Å². The van der Waals surface area contributed by atoms with Gasteiger partial charge in [-0.15, -0.1) is 13.2 Å². The Kier molecular flexibility index (Phi) is 5.74. The molecule has 2 aromatic rings. The van der Waals surface area contributed by atoms with Gasteiger partial charge >= 0.3 is 6.36 Å². The number of phenols is 2. The number of aromatic hydroxyl groups is 2. The molecule has 8 heteroatoms. The number of carbonyl (C=O) groups is 1. The highest BCUT2D eigenvalue weighted by molar-refractivity contribution is 5.76. The molecule has 0 spiro atoms. The Morgan fingerprint density at radius 2 is 1.80 bits per heavy atom. The predicted molar refractivity (Wildman–Crippen MR) is 83.1 cm³/mol. The summed E-state index contributed by atoms with van der Waals surface area (Å²) in [4.78, 5) is 11.8. The van der Waals surface area contributed by atoms with E-state index in [-0.39, 0.29) is 36.1 Å². The number of aryl methyl sites for hydroxylation is 1. The van der Waals surface area contributed by atoms with E-state index >= 15 is 0 Å². The van der Waals surface area contributed by atoms with Crippen molar-refractivity contribution in [3.8, 4) is 17.2 Å². The Bertz CT molecular complexity index is 747. The number of hydrogen-bond donors (Lipinski definition) is 3. The second kappa shape index (κ2) is 7.78. The molecule has 0 heterocycles. The largest absolute Gasteiger partial charge is 0.573 e. The Labute approximate surface area is 141 Å². The quantitative estimate of drug-likeness (QED) is 0.695. The van der Waals surface area contributed by atoms with Gasteiger partial charge in [0.1, 0.15) is 5.75 Å². The van der Waals surface area contributed by atoms with Crippen LogP contribution in [0.3, 0.4) is 0 Å². The van der Waals surface area contributed by atoms with Crippen molar-refractivity contribution in [1.82, 2.24) is 5.32 Å². The summed E-state index contributed by atoms with van der Waals surface area (Å²) in [6.45, 7) is 0.0642. The normalized spacial score (nSPS) is 11.2. The molecule has 0 fully saturated rings. The fourth-order valence-electron chi connectivity index (χ4n) is 2.12. The molecule has 25 heavy (non-hydrogen) atoms. The van der Waals surface area contributed by atoms with E-state index in [0.717, 1.165) is 0 Å². The molecule has 134 valence electrons. The lowest BCUT2D eigenvalue weighted by molar-refractivity contribution is -0.274. The maximum atomic E-state index is 12.2. The van der Waals surface area contributed by atoms with Crippen LogP contribution in [0.2, 0.25) is 0 Å². The zero-order valence-corrected chi connectivity index (χ0v) is 13.0. The van der Waals surface area contributed by atoms with Crippen molar-refractivity contribution in [2.24, 2.45) is 0 Å². The van der Waals surface area contributed by atoms with E-state index in [1.165, 1.54) is 30.3 Å². The number of hydrogen-bond acceptors (Lipinski definition) is 4. The molecule has 0 aliphatic heterocycles. The highest BCUT2D eigenvalue weighted by Crippen LogP contribution is 2.25. The van der Waals surface area contributed by atoms with Crippen molar-refractivity contribution in [1.29, 1.82) is 0 Å². The average molecular weight is 355 g/mol. The number of alkyl halides is 3. The maximum absolute atomic E-state index is 12.2. The lowest BCUT2D eigenvalue weighted by Crippen LogP contribution is -2.23. The van der Waals surface area contributed by atoms with Crippen molar-refractivity contribution < 1.29 is 32.9 Å². The molecule has 0 unspecified atom stereocenters. The minimum absolute atomic E-state index is 0.0642. The van der Waals surface area contributed by atoms with Crippen molar-refractivity contribution >= 4 is 5.91 Å². The topological polar surface area (TPSA) is 78.8 Å². The van der Waals surface area contributed by atoms with Crippen molar-refractivity contribution in [2.75, 3.05) is 0 Å². The van der Waals surface area contributed by atoms with Gasteiger partial charge in [-0.25, -0.2) is 0 Å². The van der Waals surface area contributed by atoms with E-state index in [2.05, 4.69) is 10.1 Å². The molecule has 3 N–H and O–H groups in total. The molecule has 0 radical (unpaired) electrons. The number of phenolic OH excluding ortho intramolecular Hbond substituents is 2. The molecular weight excluding hydrogens is 339 g/mol. The lowest BCUT2D eigenvalue weighted by Gasteiger charge is -2.10. The van der Waals surface area contributed by atoms with Crippen LogP contribution >= 0.6 is 0 Å². The summed E-state index contributed by atoms with van der Waals surface area (Å²) in [5.74, 6) is -1.15. The summed E-state index contributed by atoms with van der Waals surface area (Å²) < 4.78 is 40.3. The zero-order valence-electron chi connectivity index (χ0n) is 13.0. The summed E-state index contributed by atoms with van der Waals surface area (Å²) in [7, 11) is 0. The molecule has 1 amide bonds. The highest BCUT2D eigenvalue weighted by atomic mass is 19.4. The van der Waals surface area contributed by atoms with Crippen LogP contribution in [0, 0.1) is 0 Å². The summed E-state index contributed by atoms with van der Waals surface area (Å²) >= 11 is 0. The number of carbonyl (C=O) groups excluding carboxylic acids is 1. The highest BCUT2D eigenvalue weighted by Gasteiger charge is 2.31. The van der Waals surface area contributed by atoms with Crippen molar-refractivity contribution in [3.63, 3.8) is 0 Å². The molecule has 0 aliphatic carbocycles. The number of rotatable bonds is 6. The molecule has 0 saturated heterocycles. The van der Waals surface area contributed by atoms with E-state index in [1.807, 2.05) is 0 Å². The Morgan fingerprint density at radius 3 is 2.48 bits per heavy atom. The molecule has 0 saturated carbocycles. The first-order valence-electron chi connectivity index (χ1n) is 7.35. The molecule has 0 atom stereocenters. The lowest BCUT2D eigenvalue weighted by atomic mass is 10.1. The Balaban J connectivity index is 1.83. The molecule has 0 bridgehead atoms. The van der Waals surface area contributed by atoms with E-state index in [9.17, 15) is 28.2 Å². The average Bonchev–Trinajstić information content (AvgIpc) is 2.53. The molecule has 0 aliphatic rings. The van der Waals surface area contributed by atoms with Gasteiger partial charge < -0.3 is 20.3 Å². The zero-order chi connectivity index (χ0) is 18.4. The summed E-state index contributed by atoms with van der Waals surface area (Å²) in [5, 5.41) is 21.2. The van der Waals surface area contributed by atoms with Gasteiger partial charge in [-0.05, 0) is 41.8 Å². The SMILES string of the molecule is O=C(CCc1ccc(O)c(O)c1)NCc1cccc(OC(F)(F)F)c1. The molecule has 0 aromatic heterocycles. The van der Waals surface area contributed by atoms with Crippen LogP contribution in [0.15, 0.2) is 42.5 Å². The third kappa shape index (κ3) is 6.25. The maximum Gasteiger partial charge on any atom is 0.573 e. The van der Waals surface area contributed by atoms with Gasteiger partial charge in [-0.1, -0.05) is 18.2 Å². The Morgan fingerprint density at radius 1 is 1.04 bits per heavy atom. The Hall–Kier alpha value is -2.90. The van der Waals surface area contributed by atoms with E-state index < -0.39 is 6.36 Å². The third-order valence-corrected chi connectivity index (χ3v) is 3.30. The van der Waals surface area contributed by atoms with Crippen LogP contribution in [0.25, 0.3) is 0 Å². The van der Waals surface area contributed by atoms with Gasteiger partial charge in [0.2, 0.25) is 5.91 Å². The number of benzene rings is 2. The second-order valence-electron chi connectivity index (χ2n) is 5.30. The van der Waals surface area contributed by atoms with Gasteiger partial charge in [-0.2, -0.15) is 0 Å². The van der Waals surface area contributed by atoms with Gasteiger partial charge in [0.15, 0.2) is 11.5 Å². The van der Waals surface area contributed by atoms with E-state index in [4.69, 9.17) is 0 Å². The summed E-state index contributed by atoms with van der Waals surface area (Å²) in [6, 6.07) is 9.63. The van der Waals surface area contributed by atoms with Crippen molar-refractivity contribution in [3.05, 3.63) is 53.6 Å². The molecule has 5 nitrogen and oxygen atoms in total. The molecule has 2 aromatic carbocycles. The minimum Gasteiger partial charge on any atom is -0.504 e. The van der Waals surface area contributed by atoms with Gasteiger partial charge in [-0.3, -0.25) is 4.79 Å². The smallest absolute Gasteiger partial charge is 0.504 e. The van der Waals surface area contributed by atoms with Crippen LogP contribution in [-0.4, -0.2) is 22.5 Å². The first-order chi connectivity index (χ1) is 11.7. The van der Waals surface area contributed by atoms with Crippen LogP contribution in [-0.2, 0) is 17.8 Å². The second-order valence-corrected chi connectivity index (χ2v) is 5.30. The van der Waals surface area contributed by atoms with Crippen LogP contribution in [0.1, 0.15) is 17.5 Å². The fraction of sp³-hybridized carbons (Fsp3) is 0.235. The van der Waals surface area contributed by atoms with Crippen molar-refractivity contribution in [2.45, 2.75) is 25.7 Å². The van der Waals surface area contributed by atoms with Crippen LogP contribution in [0.5, 0.6) is 17.2 Å². The van der Waals surface area contributed by atoms with E-state index in [0.29, 0.717) is 17.5 Å². The molecule has 2 rings (SSSR count). The summed E-state index contributed by atoms with van der Waals surface area (Å²) in [5.41, 5.74) is 1.14. The molecular formula is C17H16F3NO4. The number of amides is 1.